The Morgan fingerprint density at radius 3 is 2.27 bits per heavy atom. The Balaban J connectivity index is 3.64. The highest BCUT2D eigenvalue weighted by molar-refractivity contribution is 5.66. The summed E-state index contributed by atoms with van der Waals surface area (Å²) in [7, 11) is 0. The average molecular weight is 370 g/mol. The van der Waals surface area contributed by atoms with Crippen LogP contribution in [0.15, 0.2) is 36.5 Å². The summed E-state index contributed by atoms with van der Waals surface area (Å²) in [5, 5.41) is 45.4. The van der Waals surface area contributed by atoms with Crippen LogP contribution in [-0.2, 0) is 4.79 Å². The van der Waals surface area contributed by atoms with Crippen LogP contribution in [0.25, 0.3) is 0 Å². The van der Waals surface area contributed by atoms with Crippen LogP contribution in [0.3, 0.4) is 0 Å². The second-order valence-electron chi connectivity index (χ2n) is 6.37. The van der Waals surface area contributed by atoms with Crippen molar-refractivity contribution in [3.63, 3.8) is 0 Å². The molecule has 0 aromatic heterocycles. The Bertz CT molecular complexity index is 428. The highest BCUT2D eigenvalue weighted by Gasteiger charge is 2.02. The van der Waals surface area contributed by atoms with E-state index in [-0.39, 0.29) is 12.5 Å². The largest absolute Gasteiger partial charge is 0.481 e. The van der Waals surface area contributed by atoms with Crippen molar-refractivity contribution >= 4 is 5.97 Å². The first-order valence-electron chi connectivity index (χ1n) is 9.34. The number of hydrogen-bond donors (Lipinski definition) is 5. The van der Waals surface area contributed by atoms with Crippen molar-refractivity contribution in [2.75, 3.05) is 0 Å². The van der Waals surface area contributed by atoms with Crippen molar-refractivity contribution in [1.29, 1.82) is 0 Å². The molecule has 6 heteroatoms. The number of aliphatic hydroxyl groups excluding tert-OH is 3. The molecule has 0 saturated heterocycles. The molecule has 0 aliphatic heterocycles. The summed E-state index contributed by atoms with van der Waals surface area (Å²) in [6.07, 6.45) is 14.8. The van der Waals surface area contributed by atoms with Gasteiger partial charge in [-0.3, -0.25) is 4.79 Å². The number of carboxylic acids is 1. The summed E-state index contributed by atoms with van der Waals surface area (Å²) in [5.74, 6) is -0.851. The molecule has 0 radical (unpaired) electrons. The number of hydrogen-bond acceptors (Lipinski definition) is 5. The molecule has 0 fully saturated rings. The van der Waals surface area contributed by atoms with Gasteiger partial charge in [-0.25, -0.2) is 0 Å². The van der Waals surface area contributed by atoms with Crippen molar-refractivity contribution in [3.8, 4) is 0 Å². The van der Waals surface area contributed by atoms with Crippen molar-refractivity contribution in [2.45, 2.75) is 82.7 Å². The van der Waals surface area contributed by atoms with Gasteiger partial charge in [-0.1, -0.05) is 36.5 Å². The first-order chi connectivity index (χ1) is 12.4. The van der Waals surface area contributed by atoms with E-state index in [0.717, 1.165) is 25.7 Å². The number of unbranched alkanes of at least 4 members (excludes halogenated alkanes) is 2. The molecule has 0 aromatic carbocycles. The predicted octanol–water partition coefficient (Wildman–Crippen LogP) is 2.67. The van der Waals surface area contributed by atoms with E-state index in [4.69, 9.17) is 15.3 Å². The lowest BCUT2D eigenvalue weighted by molar-refractivity contribution is -0.137. The van der Waals surface area contributed by atoms with Gasteiger partial charge in [-0.2, -0.15) is 0 Å². The normalized spacial score (nSPS) is 14.8. The molecule has 6 nitrogen and oxygen atoms in total. The number of carbonyl (C=O) groups is 1. The van der Waals surface area contributed by atoms with E-state index in [1.165, 1.54) is 0 Å². The van der Waals surface area contributed by atoms with Crippen molar-refractivity contribution in [2.24, 2.45) is 0 Å². The van der Waals surface area contributed by atoms with Gasteiger partial charge in [0, 0.05) is 6.42 Å². The van der Waals surface area contributed by atoms with Gasteiger partial charge in [-0.15, -0.1) is 0 Å². The monoisotopic (exact) mass is 370 g/mol. The van der Waals surface area contributed by atoms with Crippen LogP contribution in [0.4, 0.5) is 0 Å². The van der Waals surface area contributed by atoms with E-state index in [1.807, 2.05) is 24.3 Å². The topological polar surface area (TPSA) is 118 Å². The average Bonchev–Trinajstić information content (AvgIpc) is 2.56. The highest BCUT2D eigenvalue weighted by atomic mass is 16.5. The first-order valence-corrected chi connectivity index (χ1v) is 9.34. The summed E-state index contributed by atoms with van der Waals surface area (Å²) >= 11 is 0. The van der Waals surface area contributed by atoms with Crippen LogP contribution in [0.1, 0.15) is 64.2 Å². The molecule has 0 saturated carbocycles. The highest BCUT2D eigenvalue weighted by Crippen LogP contribution is 2.07. The van der Waals surface area contributed by atoms with Gasteiger partial charge in [0.15, 0.2) is 6.29 Å². The number of rotatable bonds is 16. The lowest BCUT2D eigenvalue weighted by atomic mass is 10.1. The van der Waals surface area contributed by atoms with Gasteiger partial charge in [0.05, 0.1) is 12.2 Å². The molecule has 0 spiro atoms. The molecule has 0 aromatic rings. The van der Waals surface area contributed by atoms with E-state index in [2.05, 4.69) is 0 Å². The van der Waals surface area contributed by atoms with E-state index >= 15 is 0 Å². The van der Waals surface area contributed by atoms with Crippen LogP contribution in [0.5, 0.6) is 0 Å². The molecule has 5 N–H and O–H groups in total. The molecule has 0 aliphatic carbocycles. The number of aliphatic carboxylic acids is 1. The Kier molecular flexibility index (Phi) is 16.0. The quantitative estimate of drug-likeness (QED) is 0.123. The third kappa shape index (κ3) is 18.9. The molecule has 150 valence electrons. The molecule has 2 unspecified atom stereocenters. The van der Waals surface area contributed by atoms with Crippen molar-refractivity contribution in [1.82, 2.24) is 0 Å². The van der Waals surface area contributed by atoms with E-state index < -0.39 is 18.4 Å². The van der Waals surface area contributed by atoms with E-state index in [0.29, 0.717) is 32.1 Å². The Morgan fingerprint density at radius 1 is 0.808 bits per heavy atom. The zero-order valence-electron chi connectivity index (χ0n) is 15.4. The molecule has 2 atom stereocenters. The van der Waals surface area contributed by atoms with Crippen LogP contribution < -0.4 is 0 Å². The Hall–Kier alpha value is -1.47. The second-order valence-corrected chi connectivity index (χ2v) is 6.37. The fraction of sp³-hybridized carbons (Fsp3) is 0.650. The number of allylic oxidation sites excluding steroid dienone is 4. The predicted molar refractivity (Wildman–Crippen MR) is 101 cm³/mol. The zero-order valence-corrected chi connectivity index (χ0v) is 15.4. The smallest absolute Gasteiger partial charge is 0.303 e. The lowest BCUT2D eigenvalue weighted by Gasteiger charge is -2.05. The fourth-order valence-corrected chi connectivity index (χ4v) is 2.29. The number of aliphatic hydroxyl groups is 4. The minimum absolute atomic E-state index is 0.0683. The molecular formula is C20H34O6. The number of carboxylic acid groups (broad SMARTS) is 1. The van der Waals surface area contributed by atoms with Crippen LogP contribution >= 0.6 is 0 Å². The summed E-state index contributed by atoms with van der Waals surface area (Å²) in [5.41, 5.74) is 0. The Labute approximate surface area is 156 Å². The SMILES string of the molecule is O=C(O)CCCC(O)C=CC=CCCC(O)CC=CCCCCC(O)O. The molecule has 26 heavy (non-hydrogen) atoms. The van der Waals surface area contributed by atoms with E-state index in [1.54, 1.807) is 12.2 Å². The summed E-state index contributed by atoms with van der Waals surface area (Å²) in [6, 6.07) is 0. The third-order valence-corrected chi connectivity index (χ3v) is 3.80. The fourth-order valence-electron chi connectivity index (χ4n) is 2.29. The third-order valence-electron chi connectivity index (χ3n) is 3.80. The van der Waals surface area contributed by atoms with Gasteiger partial charge in [0.1, 0.15) is 0 Å². The van der Waals surface area contributed by atoms with E-state index in [9.17, 15) is 15.0 Å². The van der Waals surface area contributed by atoms with Gasteiger partial charge in [-0.05, 0) is 57.8 Å². The zero-order chi connectivity index (χ0) is 19.6. The molecule has 0 rings (SSSR count). The van der Waals surface area contributed by atoms with Crippen LogP contribution in [0.2, 0.25) is 0 Å². The van der Waals surface area contributed by atoms with Gasteiger partial charge in [0.25, 0.3) is 0 Å². The van der Waals surface area contributed by atoms with Gasteiger partial charge < -0.3 is 25.5 Å². The molecule has 0 amide bonds. The summed E-state index contributed by atoms with van der Waals surface area (Å²) < 4.78 is 0. The molecule has 0 bridgehead atoms. The molecule has 0 heterocycles. The minimum atomic E-state index is -1.22. The van der Waals surface area contributed by atoms with Crippen molar-refractivity contribution < 1.29 is 30.3 Å². The summed E-state index contributed by atoms with van der Waals surface area (Å²) in [4.78, 5) is 10.4. The van der Waals surface area contributed by atoms with Gasteiger partial charge >= 0.3 is 5.97 Å². The molecular weight excluding hydrogens is 336 g/mol. The van der Waals surface area contributed by atoms with Gasteiger partial charge in [0.2, 0.25) is 0 Å². The van der Waals surface area contributed by atoms with Crippen LogP contribution in [0, 0.1) is 0 Å². The maximum absolute atomic E-state index is 10.4. The maximum Gasteiger partial charge on any atom is 0.303 e. The lowest BCUT2D eigenvalue weighted by Crippen LogP contribution is -2.04. The van der Waals surface area contributed by atoms with Crippen molar-refractivity contribution in [3.05, 3.63) is 36.5 Å². The minimum Gasteiger partial charge on any atom is -0.481 e. The maximum atomic E-state index is 10.4. The summed E-state index contributed by atoms with van der Waals surface area (Å²) in [6.45, 7) is 0. The standard InChI is InChI=1S/C20H34O6/c21-17(11-6-2-1-3-9-15-19(23)24)12-7-4-5-8-13-18(22)14-10-16-20(25)26/h2,4-6,8,13,17-19,21-24H,1,3,7,9-12,14-16H2,(H,25,26). The van der Waals surface area contributed by atoms with Crippen LogP contribution in [-0.4, -0.2) is 50.0 Å². The second kappa shape index (κ2) is 17.0. The Morgan fingerprint density at radius 2 is 1.58 bits per heavy atom. The molecule has 0 aliphatic rings. The first kappa shape index (κ1) is 24.5.